The van der Waals surface area contributed by atoms with Crippen LogP contribution in [0.25, 0.3) is 11.0 Å². The molecule has 5 heterocycles. The molecule has 0 bridgehead atoms. The Labute approximate surface area is 188 Å². The largest absolute Gasteiger partial charge is 0.346 e. The number of piperidine rings is 1. The van der Waals surface area contributed by atoms with Gasteiger partial charge in [0.25, 0.3) is 0 Å². The highest BCUT2D eigenvalue weighted by Gasteiger charge is 2.41. The van der Waals surface area contributed by atoms with E-state index in [2.05, 4.69) is 66.6 Å². The predicted octanol–water partition coefficient (Wildman–Crippen LogP) is 3.57. The van der Waals surface area contributed by atoms with Crippen LogP contribution in [-0.4, -0.2) is 56.5 Å². The number of nitrogens with one attached hydrogen (secondary N) is 2. The number of aromatic nitrogens is 2. The van der Waals surface area contributed by atoms with Gasteiger partial charge >= 0.3 is 0 Å². The molecule has 1 amide bonds. The van der Waals surface area contributed by atoms with Crippen LogP contribution in [0.4, 0.5) is 5.69 Å². The van der Waals surface area contributed by atoms with Crippen molar-refractivity contribution in [3.8, 4) is 0 Å². The van der Waals surface area contributed by atoms with Gasteiger partial charge < -0.3 is 15.3 Å². The molecule has 2 fully saturated rings. The SMILES string of the molecule is O=C1CCCN1C(C1CCN(Cc2ccccc2)CC1)N1Cc2c(cnc3[nH]ccc23)N1. The van der Waals surface area contributed by atoms with Gasteiger partial charge in [-0.1, -0.05) is 30.3 Å². The average Bonchev–Trinajstić information content (AvgIpc) is 3.55. The van der Waals surface area contributed by atoms with E-state index in [1.54, 1.807) is 0 Å². The molecular weight excluding hydrogens is 400 g/mol. The molecule has 7 heteroatoms. The molecule has 3 aliphatic rings. The third-order valence-electron chi connectivity index (χ3n) is 7.34. The lowest BCUT2D eigenvalue weighted by Gasteiger charge is -2.43. The van der Waals surface area contributed by atoms with Gasteiger partial charge in [-0.2, -0.15) is 5.01 Å². The van der Waals surface area contributed by atoms with E-state index in [9.17, 15) is 4.79 Å². The van der Waals surface area contributed by atoms with Crippen LogP contribution in [0.15, 0.2) is 48.8 Å². The summed E-state index contributed by atoms with van der Waals surface area (Å²) in [7, 11) is 0. The van der Waals surface area contributed by atoms with Crippen molar-refractivity contribution in [2.75, 3.05) is 25.1 Å². The summed E-state index contributed by atoms with van der Waals surface area (Å²) >= 11 is 0. The third-order valence-corrected chi connectivity index (χ3v) is 7.34. The van der Waals surface area contributed by atoms with E-state index in [1.807, 2.05) is 12.4 Å². The Balaban J connectivity index is 1.21. The van der Waals surface area contributed by atoms with Crippen LogP contribution in [0.1, 0.15) is 36.8 Å². The van der Waals surface area contributed by atoms with E-state index in [4.69, 9.17) is 0 Å². The first kappa shape index (κ1) is 19.8. The van der Waals surface area contributed by atoms with Crippen LogP contribution in [0.5, 0.6) is 0 Å². The predicted molar refractivity (Wildman–Crippen MR) is 124 cm³/mol. The molecule has 0 saturated carbocycles. The maximum atomic E-state index is 12.8. The summed E-state index contributed by atoms with van der Waals surface area (Å²) < 4.78 is 0. The Bertz CT molecular complexity index is 1100. The maximum absolute atomic E-state index is 12.8. The van der Waals surface area contributed by atoms with Crippen LogP contribution < -0.4 is 5.43 Å². The minimum absolute atomic E-state index is 0.0882. The molecule has 32 heavy (non-hydrogen) atoms. The molecule has 0 aliphatic carbocycles. The van der Waals surface area contributed by atoms with Gasteiger partial charge in [0.1, 0.15) is 11.8 Å². The molecule has 1 unspecified atom stereocenters. The first-order valence-electron chi connectivity index (χ1n) is 11.8. The van der Waals surface area contributed by atoms with Crippen molar-refractivity contribution in [1.29, 1.82) is 0 Å². The van der Waals surface area contributed by atoms with Crippen LogP contribution in [-0.2, 0) is 17.9 Å². The fraction of sp³-hybridized carbons (Fsp3) is 0.440. The van der Waals surface area contributed by atoms with Gasteiger partial charge in [-0.25, -0.2) is 4.98 Å². The summed E-state index contributed by atoms with van der Waals surface area (Å²) in [5.41, 5.74) is 8.25. The van der Waals surface area contributed by atoms with Gasteiger partial charge in [0, 0.05) is 43.2 Å². The van der Waals surface area contributed by atoms with Gasteiger partial charge in [-0.3, -0.25) is 9.69 Å². The first-order chi connectivity index (χ1) is 15.8. The Morgan fingerprint density at radius 2 is 1.94 bits per heavy atom. The minimum Gasteiger partial charge on any atom is -0.346 e. The molecule has 3 aromatic rings. The van der Waals surface area contributed by atoms with Crippen LogP contribution in [0, 0.1) is 5.92 Å². The van der Waals surface area contributed by atoms with Crippen molar-refractivity contribution in [2.45, 2.75) is 44.9 Å². The Morgan fingerprint density at radius 1 is 1.09 bits per heavy atom. The number of hydrogen-bond donors (Lipinski definition) is 2. The fourth-order valence-corrected chi connectivity index (χ4v) is 5.73. The topological polar surface area (TPSA) is 67.5 Å². The highest BCUT2D eigenvalue weighted by Crippen LogP contribution is 2.37. The lowest BCUT2D eigenvalue weighted by Crippen LogP contribution is -2.55. The summed E-state index contributed by atoms with van der Waals surface area (Å²) in [6.07, 6.45) is 7.80. The lowest BCUT2D eigenvalue weighted by atomic mass is 9.92. The second-order valence-corrected chi connectivity index (χ2v) is 9.33. The van der Waals surface area contributed by atoms with Crippen molar-refractivity contribution in [1.82, 2.24) is 24.8 Å². The molecule has 2 saturated heterocycles. The van der Waals surface area contributed by atoms with E-state index in [0.717, 1.165) is 63.3 Å². The standard InChI is InChI=1S/C25H30N6O/c32-23-7-4-12-30(23)25(19-9-13-29(14-10-19)16-18-5-2-1-3-6-18)31-17-21-20-8-11-26-24(20)27-15-22(21)28-31/h1-3,5-6,8,11,15,19,25,28H,4,7,9-10,12-14,16-17H2,(H,26,27). The zero-order valence-corrected chi connectivity index (χ0v) is 18.3. The minimum atomic E-state index is 0.0882. The van der Waals surface area contributed by atoms with Crippen LogP contribution in [0.2, 0.25) is 0 Å². The summed E-state index contributed by atoms with van der Waals surface area (Å²) in [5, 5.41) is 3.47. The molecule has 2 N–H and O–H groups in total. The number of amides is 1. The number of hydrogen-bond acceptors (Lipinski definition) is 5. The van der Waals surface area contributed by atoms with Crippen molar-refractivity contribution in [2.24, 2.45) is 5.92 Å². The highest BCUT2D eigenvalue weighted by atomic mass is 16.2. The quantitative estimate of drug-likeness (QED) is 0.648. The second-order valence-electron chi connectivity index (χ2n) is 9.33. The molecular formula is C25H30N6O. The summed E-state index contributed by atoms with van der Waals surface area (Å²) in [4.78, 5) is 25.3. The van der Waals surface area contributed by atoms with Crippen LogP contribution in [0.3, 0.4) is 0 Å². The van der Waals surface area contributed by atoms with Gasteiger partial charge in [-0.05, 0) is 49.9 Å². The molecule has 0 radical (unpaired) electrons. The third kappa shape index (κ3) is 3.55. The number of pyridine rings is 1. The van der Waals surface area contributed by atoms with E-state index < -0.39 is 0 Å². The molecule has 6 rings (SSSR count). The number of likely N-dealkylation sites (tertiary alicyclic amines) is 2. The normalized spacial score (nSPS) is 21.2. The molecule has 7 nitrogen and oxygen atoms in total. The molecule has 166 valence electrons. The Morgan fingerprint density at radius 3 is 2.72 bits per heavy atom. The maximum Gasteiger partial charge on any atom is 0.223 e. The van der Waals surface area contributed by atoms with Gasteiger partial charge in [0.2, 0.25) is 5.91 Å². The second kappa shape index (κ2) is 8.22. The zero-order chi connectivity index (χ0) is 21.5. The van der Waals surface area contributed by atoms with Gasteiger partial charge in [0.05, 0.1) is 11.9 Å². The smallest absolute Gasteiger partial charge is 0.223 e. The first-order valence-corrected chi connectivity index (χ1v) is 11.8. The van der Waals surface area contributed by atoms with Crippen molar-refractivity contribution >= 4 is 22.6 Å². The number of rotatable bonds is 5. The average molecular weight is 431 g/mol. The van der Waals surface area contributed by atoms with Crippen LogP contribution >= 0.6 is 0 Å². The number of fused-ring (bicyclic) bond motifs is 3. The zero-order valence-electron chi connectivity index (χ0n) is 18.3. The van der Waals surface area contributed by atoms with Gasteiger partial charge in [-0.15, -0.1) is 0 Å². The number of hydrazine groups is 1. The number of H-pyrrole nitrogens is 1. The van der Waals surface area contributed by atoms with E-state index in [1.165, 1.54) is 16.5 Å². The molecule has 1 atom stereocenters. The molecule has 0 spiro atoms. The summed E-state index contributed by atoms with van der Waals surface area (Å²) in [6.45, 7) is 4.81. The number of carbonyl (C=O) groups is 1. The number of aromatic amines is 1. The Hall–Kier alpha value is -2.90. The lowest BCUT2D eigenvalue weighted by molar-refractivity contribution is -0.136. The van der Waals surface area contributed by atoms with Gasteiger partial charge in [0.15, 0.2) is 0 Å². The van der Waals surface area contributed by atoms with Crippen molar-refractivity contribution < 1.29 is 4.79 Å². The number of carbonyl (C=O) groups excluding carboxylic acids is 1. The Kier molecular flexibility index (Phi) is 5.08. The number of nitrogens with zero attached hydrogens (tertiary/aromatic N) is 4. The number of benzene rings is 1. The molecule has 1 aromatic carbocycles. The number of anilines is 1. The highest BCUT2D eigenvalue weighted by molar-refractivity contribution is 5.85. The van der Waals surface area contributed by atoms with Crippen molar-refractivity contribution in [3.63, 3.8) is 0 Å². The van der Waals surface area contributed by atoms with E-state index >= 15 is 0 Å². The fourth-order valence-electron chi connectivity index (χ4n) is 5.73. The van der Waals surface area contributed by atoms with Crippen molar-refractivity contribution in [3.05, 3.63) is 59.9 Å². The summed E-state index contributed by atoms with van der Waals surface area (Å²) in [5.74, 6) is 0.755. The molecule has 2 aromatic heterocycles. The summed E-state index contributed by atoms with van der Waals surface area (Å²) in [6, 6.07) is 12.8. The van der Waals surface area contributed by atoms with E-state index in [-0.39, 0.29) is 6.17 Å². The molecule has 3 aliphatic heterocycles. The van der Waals surface area contributed by atoms with E-state index in [0.29, 0.717) is 18.2 Å². The monoisotopic (exact) mass is 430 g/mol.